The lowest BCUT2D eigenvalue weighted by atomic mass is 9.88. The van der Waals surface area contributed by atoms with Crippen molar-refractivity contribution < 1.29 is 14.4 Å². The molecule has 140 valence electrons. The Morgan fingerprint density at radius 2 is 2.00 bits per heavy atom. The first-order chi connectivity index (χ1) is 12.6. The Morgan fingerprint density at radius 3 is 2.73 bits per heavy atom. The standard InChI is InChI=1S/C20H27N3O3/c1-2-17-19(25)21-11-12-23(17)20(26)15-9-6-10-16(13-15)22-18(24)14-7-4-3-5-8-14/h6,9-10,13-14,17H,2-5,7-8,11-12H2,1H3,(H,21,25)(H,22,24). The minimum atomic E-state index is -0.434. The van der Waals surface area contributed by atoms with Gasteiger partial charge in [0.25, 0.3) is 5.91 Å². The zero-order chi connectivity index (χ0) is 18.5. The predicted molar refractivity (Wildman–Crippen MR) is 99.8 cm³/mol. The van der Waals surface area contributed by atoms with Gasteiger partial charge in [-0.15, -0.1) is 0 Å². The lowest BCUT2D eigenvalue weighted by Gasteiger charge is -2.34. The van der Waals surface area contributed by atoms with Gasteiger partial charge in [0.1, 0.15) is 6.04 Å². The Hall–Kier alpha value is -2.37. The summed E-state index contributed by atoms with van der Waals surface area (Å²) in [5.74, 6) is -0.161. The van der Waals surface area contributed by atoms with Gasteiger partial charge in [-0.05, 0) is 37.5 Å². The van der Waals surface area contributed by atoms with Gasteiger partial charge in [0.15, 0.2) is 0 Å². The normalized spacial score (nSPS) is 21.2. The average molecular weight is 357 g/mol. The highest BCUT2D eigenvalue weighted by molar-refractivity contribution is 6.00. The molecule has 0 aromatic heterocycles. The topological polar surface area (TPSA) is 78.5 Å². The van der Waals surface area contributed by atoms with Crippen molar-refractivity contribution in [3.05, 3.63) is 29.8 Å². The maximum absolute atomic E-state index is 12.9. The summed E-state index contributed by atoms with van der Waals surface area (Å²) in [6.07, 6.45) is 5.86. The Kier molecular flexibility index (Phi) is 5.91. The first kappa shape index (κ1) is 18.4. The number of hydrogen-bond donors (Lipinski definition) is 2. The molecule has 1 atom stereocenters. The van der Waals surface area contributed by atoms with E-state index in [-0.39, 0.29) is 23.6 Å². The van der Waals surface area contributed by atoms with Crippen molar-refractivity contribution in [2.75, 3.05) is 18.4 Å². The van der Waals surface area contributed by atoms with Crippen LogP contribution in [0.4, 0.5) is 5.69 Å². The second kappa shape index (κ2) is 8.34. The average Bonchev–Trinajstić information content (AvgIpc) is 2.68. The summed E-state index contributed by atoms with van der Waals surface area (Å²) in [4.78, 5) is 38.9. The van der Waals surface area contributed by atoms with Gasteiger partial charge in [0.05, 0.1) is 0 Å². The Bertz CT molecular complexity index is 683. The molecule has 1 aliphatic carbocycles. The Morgan fingerprint density at radius 1 is 1.23 bits per heavy atom. The minimum Gasteiger partial charge on any atom is -0.353 e. The summed E-state index contributed by atoms with van der Waals surface area (Å²) in [6.45, 7) is 2.87. The summed E-state index contributed by atoms with van der Waals surface area (Å²) < 4.78 is 0. The number of nitrogens with one attached hydrogen (secondary N) is 2. The highest BCUT2D eigenvalue weighted by Crippen LogP contribution is 2.25. The van der Waals surface area contributed by atoms with Crippen molar-refractivity contribution >= 4 is 23.4 Å². The molecule has 2 fully saturated rings. The monoisotopic (exact) mass is 357 g/mol. The van der Waals surface area contributed by atoms with E-state index in [0.29, 0.717) is 30.8 Å². The molecule has 3 amide bonds. The number of benzene rings is 1. The number of piperazine rings is 1. The van der Waals surface area contributed by atoms with Crippen LogP contribution in [0.25, 0.3) is 0 Å². The van der Waals surface area contributed by atoms with E-state index in [4.69, 9.17) is 0 Å². The van der Waals surface area contributed by atoms with Crippen molar-refractivity contribution in [1.82, 2.24) is 10.2 Å². The molecule has 1 heterocycles. The first-order valence-corrected chi connectivity index (χ1v) is 9.59. The van der Waals surface area contributed by atoms with Crippen LogP contribution >= 0.6 is 0 Å². The van der Waals surface area contributed by atoms with Crippen molar-refractivity contribution in [2.24, 2.45) is 5.92 Å². The van der Waals surface area contributed by atoms with Crippen LogP contribution in [-0.4, -0.2) is 41.8 Å². The third-order valence-corrected chi connectivity index (χ3v) is 5.33. The van der Waals surface area contributed by atoms with Gasteiger partial charge in [-0.1, -0.05) is 32.3 Å². The number of carbonyl (C=O) groups excluding carboxylic acids is 3. The van der Waals surface area contributed by atoms with E-state index in [1.807, 2.05) is 6.92 Å². The van der Waals surface area contributed by atoms with Gasteiger partial charge in [-0.3, -0.25) is 14.4 Å². The van der Waals surface area contributed by atoms with Crippen LogP contribution in [0.1, 0.15) is 55.8 Å². The maximum atomic E-state index is 12.9. The third kappa shape index (κ3) is 4.06. The summed E-state index contributed by atoms with van der Waals surface area (Å²) in [5, 5.41) is 5.76. The number of amides is 3. The largest absolute Gasteiger partial charge is 0.353 e. The lowest BCUT2D eigenvalue weighted by molar-refractivity contribution is -0.127. The van der Waals surface area contributed by atoms with Gasteiger partial charge in [0.2, 0.25) is 11.8 Å². The zero-order valence-corrected chi connectivity index (χ0v) is 15.3. The smallest absolute Gasteiger partial charge is 0.254 e. The summed E-state index contributed by atoms with van der Waals surface area (Å²) >= 11 is 0. The van der Waals surface area contributed by atoms with Crippen molar-refractivity contribution in [3.8, 4) is 0 Å². The molecule has 1 unspecified atom stereocenters. The van der Waals surface area contributed by atoms with E-state index in [2.05, 4.69) is 10.6 Å². The Balaban J connectivity index is 1.70. The van der Waals surface area contributed by atoms with E-state index in [9.17, 15) is 14.4 Å². The summed E-state index contributed by atoms with van der Waals surface area (Å²) in [5.41, 5.74) is 1.14. The molecule has 0 bridgehead atoms. The Labute approximate surface area is 154 Å². The molecule has 6 nitrogen and oxygen atoms in total. The number of carbonyl (C=O) groups is 3. The van der Waals surface area contributed by atoms with Crippen LogP contribution in [0.2, 0.25) is 0 Å². The molecule has 26 heavy (non-hydrogen) atoms. The highest BCUT2D eigenvalue weighted by atomic mass is 16.2. The predicted octanol–water partition coefficient (Wildman–Crippen LogP) is 2.56. The number of rotatable bonds is 4. The molecular formula is C20H27N3O3. The van der Waals surface area contributed by atoms with E-state index < -0.39 is 6.04 Å². The van der Waals surface area contributed by atoms with E-state index in [1.165, 1.54) is 6.42 Å². The third-order valence-electron chi connectivity index (χ3n) is 5.33. The zero-order valence-electron chi connectivity index (χ0n) is 15.3. The molecule has 6 heteroatoms. The highest BCUT2D eigenvalue weighted by Gasteiger charge is 2.32. The van der Waals surface area contributed by atoms with Gasteiger partial charge < -0.3 is 15.5 Å². The fourth-order valence-corrected chi connectivity index (χ4v) is 3.87. The summed E-state index contributed by atoms with van der Waals surface area (Å²) in [6, 6.07) is 6.59. The van der Waals surface area contributed by atoms with E-state index in [0.717, 1.165) is 25.7 Å². The second-order valence-corrected chi connectivity index (χ2v) is 7.12. The first-order valence-electron chi connectivity index (χ1n) is 9.59. The SMILES string of the molecule is CCC1C(=O)NCCN1C(=O)c1cccc(NC(=O)C2CCCCC2)c1. The number of anilines is 1. The molecule has 1 aromatic rings. The maximum Gasteiger partial charge on any atom is 0.254 e. The lowest BCUT2D eigenvalue weighted by Crippen LogP contribution is -2.56. The molecule has 0 spiro atoms. The van der Waals surface area contributed by atoms with Crippen LogP contribution in [0.15, 0.2) is 24.3 Å². The van der Waals surface area contributed by atoms with Gasteiger partial charge >= 0.3 is 0 Å². The van der Waals surface area contributed by atoms with Crippen molar-refractivity contribution in [1.29, 1.82) is 0 Å². The minimum absolute atomic E-state index is 0.0399. The van der Waals surface area contributed by atoms with Crippen molar-refractivity contribution in [2.45, 2.75) is 51.5 Å². The van der Waals surface area contributed by atoms with E-state index in [1.54, 1.807) is 29.2 Å². The van der Waals surface area contributed by atoms with Crippen LogP contribution in [0, 0.1) is 5.92 Å². The van der Waals surface area contributed by atoms with Crippen LogP contribution in [0.3, 0.4) is 0 Å². The number of hydrogen-bond acceptors (Lipinski definition) is 3. The molecule has 1 aromatic carbocycles. The molecule has 1 saturated carbocycles. The summed E-state index contributed by atoms with van der Waals surface area (Å²) in [7, 11) is 0. The van der Waals surface area contributed by atoms with Crippen LogP contribution in [0.5, 0.6) is 0 Å². The second-order valence-electron chi connectivity index (χ2n) is 7.12. The molecular weight excluding hydrogens is 330 g/mol. The van der Waals surface area contributed by atoms with Crippen molar-refractivity contribution in [3.63, 3.8) is 0 Å². The van der Waals surface area contributed by atoms with E-state index >= 15 is 0 Å². The molecule has 2 aliphatic rings. The van der Waals surface area contributed by atoms with Gasteiger partial charge in [-0.2, -0.15) is 0 Å². The molecule has 0 radical (unpaired) electrons. The molecule has 1 saturated heterocycles. The molecule has 3 rings (SSSR count). The van der Waals surface area contributed by atoms with Gasteiger partial charge in [-0.25, -0.2) is 0 Å². The molecule has 1 aliphatic heterocycles. The van der Waals surface area contributed by atoms with Gasteiger partial charge in [0, 0.05) is 30.3 Å². The quantitative estimate of drug-likeness (QED) is 0.869. The molecule has 2 N–H and O–H groups in total. The van der Waals surface area contributed by atoms with Crippen LogP contribution in [-0.2, 0) is 9.59 Å². The van der Waals surface area contributed by atoms with Crippen LogP contribution < -0.4 is 10.6 Å². The number of nitrogens with zero attached hydrogens (tertiary/aromatic N) is 1. The fourth-order valence-electron chi connectivity index (χ4n) is 3.87. The fraction of sp³-hybridized carbons (Fsp3) is 0.550.